The summed E-state index contributed by atoms with van der Waals surface area (Å²) in [5, 5.41) is 0. The maximum atomic E-state index is 12.6. The monoisotopic (exact) mass is 310 g/mol. The smallest absolute Gasteiger partial charge is 0.231 e. The Balaban J connectivity index is 2.04. The minimum atomic E-state index is -0.118. The van der Waals surface area contributed by atoms with Gasteiger partial charge < -0.3 is 14.2 Å². The lowest BCUT2D eigenvalue weighted by atomic mass is 10.0. The maximum Gasteiger partial charge on any atom is 0.231 e. The summed E-state index contributed by atoms with van der Waals surface area (Å²) in [5.74, 6) is 2.11. The third kappa shape index (κ3) is 2.68. The van der Waals surface area contributed by atoms with Crippen LogP contribution in [0.3, 0.4) is 0 Å². The summed E-state index contributed by atoms with van der Waals surface area (Å²) in [4.78, 5) is 12.6. The molecule has 0 unspecified atom stereocenters. The first-order valence-corrected chi connectivity index (χ1v) is 7.31. The molecule has 1 aliphatic heterocycles. The number of carbonyl (C=O) groups excluding carboxylic acids is 1. The minimum absolute atomic E-state index is 0.118. The Kier molecular flexibility index (Phi) is 3.82. The Morgan fingerprint density at radius 3 is 2.43 bits per heavy atom. The molecule has 0 saturated carbocycles. The van der Waals surface area contributed by atoms with Crippen LogP contribution in [0.25, 0.3) is 6.08 Å². The minimum Gasteiger partial charge on any atom is -0.497 e. The zero-order chi connectivity index (χ0) is 16.6. The molecule has 1 heterocycles. The number of fused-ring (bicyclic) bond motifs is 1. The first-order chi connectivity index (χ1) is 11.0. The first kappa shape index (κ1) is 15.2. The Labute approximate surface area is 135 Å². The zero-order valence-electron chi connectivity index (χ0n) is 13.6. The van der Waals surface area contributed by atoms with Gasteiger partial charge in [0.05, 0.1) is 19.8 Å². The average molecular weight is 310 g/mol. The van der Waals surface area contributed by atoms with E-state index < -0.39 is 0 Å². The molecular formula is C19H18O4. The molecule has 4 nitrogen and oxygen atoms in total. The Morgan fingerprint density at radius 2 is 1.74 bits per heavy atom. The highest BCUT2D eigenvalue weighted by Gasteiger charge is 2.28. The van der Waals surface area contributed by atoms with Crippen LogP contribution in [-0.4, -0.2) is 20.0 Å². The standard InChI is InChI=1S/C19H18O4/c1-11-7-15-17(8-12(11)2)23-18(19(15)20)10-13-9-14(21-3)5-6-16(13)22-4/h5-10H,1-4H3/b18-10-. The molecule has 0 amide bonds. The molecule has 0 fully saturated rings. The molecule has 0 bridgehead atoms. The summed E-state index contributed by atoms with van der Waals surface area (Å²) in [5.41, 5.74) is 3.50. The van der Waals surface area contributed by atoms with Gasteiger partial charge in [-0.1, -0.05) is 0 Å². The van der Waals surface area contributed by atoms with Gasteiger partial charge in [-0.2, -0.15) is 0 Å². The number of allylic oxidation sites excluding steroid dienone is 1. The highest BCUT2D eigenvalue weighted by Crippen LogP contribution is 2.35. The molecule has 118 valence electrons. The zero-order valence-corrected chi connectivity index (χ0v) is 13.6. The van der Waals surface area contributed by atoms with E-state index in [0.717, 1.165) is 16.7 Å². The number of hydrogen-bond acceptors (Lipinski definition) is 4. The van der Waals surface area contributed by atoms with Crippen LogP contribution in [0.2, 0.25) is 0 Å². The van der Waals surface area contributed by atoms with E-state index >= 15 is 0 Å². The molecule has 0 atom stereocenters. The number of Topliss-reactive ketones (excluding diaryl/α,β-unsaturated/α-hetero) is 1. The van der Waals surface area contributed by atoms with Crippen molar-refractivity contribution in [3.8, 4) is 17.2 Å². The van der Waals surface area contributed by atoms with Crippen molar-refractivity contribution in [1.29, 1.82) is 0 Å². The fraction of sp³-hybridized carbons (Fsp3) is 0.211. The van der Waals surface area contributed by atoms with Gasteiger partial charge in [-0.15, -0.1) is 0 Å². The molecule has 0 aromatic heterocycles. The number of ether oxygens (including phenoxy) is 3. The van der Waals surface area contributed by atoms with Gasteiger partial charge in [-0.05, 0) is 61.4 Å². The van der Waals surface area contributed by atoms with E-state index in [1.165, 1.54) is 0 Å². The van der Waals surface area contributed by atoms with Crippen molar-refractivity contribution < 1.29 is 19.0 Å². The summed E-state index contributed by atoms with van der Waals surface area (Å²) in [6.07, 6.45) is 1.69. The molecule has 0 radical (unpaired) electrons. The highest BCUT2D eigenvalue weighted by molar-refractivity contribution is 6.14. The topological polar surface area (TPSA) is 44.8 Å². The molecule has 0 N–H and O–H groups in total. The van der Waals surface area contributed by atoms with E-state index in [4.69, 9.17) is 14.2 Å². The van der Waals surface area contributed by atoms with Gasteiger partial charge in [0, 0.05) is 5.56 Å². The normalized spacial score (nSPS) is 14.6. The van der Waals surface area contributed by atoms with Gasteiger partial charge in [0.1, 0.15) is 17.2 Å². The van der Waals surface area contributed by atoms with Crippen molar-refractivity contribution in [3.63, 3.8) is 0 Å². The summed E-state index contributed by atoms with van der Waals surface area (Å²) >= 11 is 0. The predicted molar refractivity (Wildman–Crippen MR) is 88.4 cm³/mol. The van der Waals surface area contributed by atoms with Crippen molar-refractivity contribution in [1.82, 2.24) is 0 Å². The molecule has 1 aliphatic rings. The van der Waals surface area contributed by atoms with Gasteiger partial charge in [-0.25, -0.2) is 0 Å². The lowest BCUT2D eigenvalue weighted by Crippen LogP contribution is -1.99. The second-order valence-corrected chi connectivity index (χ2v) is 5.48. The van der Waals surface area contributed by atoms with Gasteiger partial charge in [0.25, 0.3) is 0 Å². The number of carbonyl (C=O) groups is 1. The van der Waals surface area contributed by atoms with Crippen LogP contribution < -0.4 is 14.2 Å². The molecule has 0 aliphatic carbocycles. The van der Waals surface area contributed by atoms with Crippen molar-refractivity contribution in [2.45, 2.75) is 13.8 Å². The van der Waals surface area contributed by atoms with Crippen LogP contribution in [-0.2, 0) is 0 Å². The number of hydrogen-bond donors (Lipinski definition) is 0. The number of benzene rings is 2. The molecule has 0 spiro atoms. The van der Waals surface area contributed by atoms with E-state index in [1.807, 2.05) is 32.0 Å². The number of rotatable bonds is 3. The fourth-order valence-electron chi connectivity index (χ4n) is 2.54. The van der Waals surface area contributed by atoms with Crippen LogP contribution in [0.5, 0.6) is 17.2 Å². The molecule has 2 aromatic rings. The summed E-state index contributed by atoms with van der Waals surface area (Å²) in [6.45, 7) is 3.98. The third-order valence-electron chi connectivity index (χ3n) is 4.01. The van der Waals surface area contributed by atoms with Crippen molar-refractivity contribution in [2.24, 2.45) is 0 Å². The Bertz CT molecular complexity index is 818. The van der Waals surface area contributed by atoms with E-state index in [9.17, 15) is 4.79 Å². The first-order valence-electron chi connectivity index (χ1n) is 7.31. The highest BCUT2D eigenvalue weighted by atomic mass is 16.5. The van der Waals surface area contributed by atoms with Crippen LogP contribution in [0, 0.1) is 13.8 Å². The third-order valence-corrected chi connectivity index (χ3v) is 4.01. The molecule has 3 rings (SSSR count). The van der Waals surface area contributed by atoms with Crippen LogP contribution in [0.4, 0.5) is 0 Å². The summed E-state index contributed by atoms with van der Waals surface area (Å²) in [6, 6.07) is 9.18. The number of aryl methyl sites for hydroxylation is 2. The predicted octanol–water partition coefficient (Wildman–Crippen LogP) is 3.94. The quantitative estimate of drug-likeness (QED) is 0.806. The largest absolute Gasteiger partial charge is 0.497 e. The van der Waals surface area contributed by atoms with Gasteiger partial charge in [0.15, 0.2) is 5.76 Å². The lowest BCUT2D eigenvalue weighted by molar-refractivity contribution is 0.101. The van der Waals surface area contributed by atoms with E-state index in [2.05, 4.69) is 0 Å². The second kappa shape index (κ2) is 5.80. The van der Waals surface area contributed by atoms with Crippen molar-refractivity contribution in [2.75, 3.05) is 14.2 Å². The van der Waals surface area contributed by atoms with Crippen LogP contribution in [0.1, 0.15) is 27.0 Å². The molecule has 0 saturated heterocycles. The van der Waals surface area contributed by atoms with Gasteiger partial charge >= 0.3 is 0 Å². The molecular weight excluding hydrogens is 292 g/mol. The number of methoxy groups -OCH3 is 2. The Morgan fingerprint density at radius 1 is 1.00 bits per heavy atom. The Hall–Kier alpha value is -2.75. The summed E-state index contributed by atoms with van der Waals surface area (Å²) < 4.78 is 16.3. The van der Waals surface area contributed by atoms with Crippen LogP contribution >= 0.6 is 0 Å². The van der Waals surface area contributed by atoms with E-state index in [0.29, 0.717) is 22.8 Å². The van der Waals surface area contributed by atoms with Gasteiger partial charge in [0.2, 0.25) is 5.78 Å². The summed E-state index contributed by atoms with van der Waals surface area (Å²) in [7, 11) is 3.18. The molecule has 2 aromatic carbocycles. The maximum absolute atomic E-state index is 12.6. The van der Waals surface area contributed by atoms with Crippen LogP contribution in [0.15, 0.2) is 36.1 Å². The van der Waals surface area contributed by atoms with E-state index in [-0.39, 0.29) is 11.5 Å². The van der Waals surface area contributed by atoms with Crippen molar-refractivity contribution >= 4 is 11.9 Å². The fourth-order valence-corrected chi connectivity index (χ4v) is 2.54. The lowest BCUT2D eigenvalue weighted by Gasteiger charge is -2.08. The average Bonchev–Trinajstić information content (AvgIpc) is 2.83. The SMILES string of the molecule is COc1ccc(OC)c(/C=C2\Oc3cc(C)c(C)cc3C2=O)c1. The number of ketones is 1. The second-order valence-electron chi connectivity index (χ2n) is 5.48. The van der Waals surface area contributed by atoms with Gasteiger partial charge in [-0.3, -0.25) is 4.79 Å². The molecule has 4 heteroatoms. The molecule has 23 heavy (non-hydrogen) atoms. The van der Waals surface area contributed by atoms with Crippen molar-refractivity contribution in [3.05, 3.63) is 58.3 Å². The van der Waals surface area contributed by atoms with E-state index in [1.54, 1.807) is 32.4 Å².